The van der Waals surface area contributed by atoms with E-state index >= 15 is 13.2 Å². The van der Waals surface area contributed by atoms with E-state index in [1.807, 2.05) is 0 Å². The van der Waals surface area contributed by atoms with Gasteiger partial charge >= 0.3 is 12.3 Å². The second kappa shape index (κ2) is 12.8. The van der Waals surface area contributed by atoms with Crippen molar-refractivity contribution < 1.29 is 50.2 Å². The van der Waals surface area contributed by atoms with Gasteiger partial charge in [0.15, 0.2) is 0 Å². The number of alkyl halides is 3. The fraction of sp³-hybridized carbons (Fsp3) is 0.345. The molecule has 1 aromatic heterocycles. The Balaban J connectivity index is 1.45. The quantitative estimate of drug-likeness (QED) is 0.309. The molecule has 2 aromatic carbocycles. The summed E-state index contributed by atoms with van der Waals surface area (Å²) >= 11 is 0. The molecule has 45 heavy (non-hydrogen) atoms. The molecule has 3 aromatic rings. The van der Waals surface area contributed by atoms with Gasteiger partial charge in [0.2, 0.25) is 0 Å². The van der Waals surface area contributed by atoms with Crippen molar-refractivity contribution in [2.45, 2.75) is 18.6 Å². The lowest BCUT2D eigenvalue weighted by atomic mass is 9.93. The maximum Gasteiger partial charge on any atom is 0.404 e. The van der Waals surface area contributed by atoms with Gasteiger partial charge in [0.05, 0.1) is 59.4 Å². The molecule has 2 aliphatic rings. The average molecular weight is 642 g/mol. The molecule has 2 amide bonds. The number of ether oxygens (including phenoxy) is 1. The Hall–Kier alpha value is -4.60. The molecule has 0 radical (unpaired) electrons. The van der Waals surface area contributed by atoms with Crippen molar-refractivity contribution in [3.8, 4) is 11.1 Å². The second-order valence-electron chi connectivity index (χ2n) is 10.5. The number of carbonyl (C=O) groups is 2. The number of halogens is 7. The number of nitrogens with one attached hydrogen (secondary N) is 2. The Morgan fingerprint density at radius 2 is 1.62 bits per heavy atom. The van der Waals surface area contributed by atoms with Crippen molar-refractivity contribution in [1.82, 2.24) is 10.3 Å². The Bertz CT molecular complexity index is 1580. The molecule has 0 unspecified atom stereocenters. The third kappa shape index (κ3) is 6.90. The van der Waals surface area contributed by atoms with Crippen LogP contribution in [0.5, 0.6) is 0 Å². The topological polar surface area (TPSA) is 107 Å². The molecule has 0 bridgehead atoms. The Morgan fingerprint density at radius 3 is 2.27 bits per heavy atom. The first-order valence-electron chi connectivity index (χ1n) is 13.7. The third-order valence-electron chi connectivity index (χ3n) is 7.62. The Kier molecular flexibility index (Phi) is 9.04. The van der Waals surface area contributed by atoms with Gasteiger partial charge in [-0.25, -0.2) is 22.4 Å². The number of carboxylic acid groups (broad SMARTS) is 1. The molecule has 0 saturated carbocycles. The normalized spacial score (nSPS) is 18.9. The van der Waals surface area contributed by atoms with Crippen LogP contribution in [0.15, 0.2) is 42.7 Å². The number of rotatable bonds is 6. The summed E-state index contributed by atoms with van der Waals surface area (Å²) in [7, 11) is 0. The SMILES string of the molecule is O=C(O)N[C@H]1C[C@@H](C(F)(F)F)CN(c2ccncc2NC(=O)c2ccc(F)c(-c3c(F)cc(N4CCOCC4)cc3F)c2F)C1. The van der Waals surface area contributed by atoms with Gasteiger partial charge in [0.25, 0.3) is 5.91 Å². The van der Waals surface area contributed by atoms with Crippen LogP contribution in [0, 0.1) is 29.2 Å². The second-order valence-corrected chi connectivity index (χ2v) is 10.5. The lowest BCUT2D eigenvalue weighted by Crippen LogP contribution is -2.53. The zero-order valence-electron chi connectivity index (χ0n) is 23.3. The van der Waals surface area contributed by atoms with Crippen LogP contribution in [-0.4, -0.2) is 73.7 Å². The van der Waals surface area contributed by atoms with Crippen LogP contribution >= 0.6 is 0 Å². The fourth-order valence-electron chi connectivity index (χ4n) is 5.52. The summed E-state index contributed by atoms with van der Waals surface area (Å²) in [5.74, 6) is -8.58. The van der Waals surface area contributed by atoms with Crippen LogP contribution in [0.4, 0.5) is 52.6 Å². The zero-order valence-corrected chi connectivity index (χ0v) is 23.3. The van der Waals surface area contributed by atoms with Gasteiger partial charge in [-0.05, 0) is 36.8 Å². The summed E-state index contributed by atoms with van der Waals surface area (Å²) in [6.07, 6.45) is -4.38. The molecule has 0 spiro atoms. The monoisotopic (exact) mass is 641 g/mol. The fourth-order valence-corrected chi connectivity index (χ4v) is 5.52. The maximum absolute atomic E-state index is 15.7. The highest BCUT2D eigenvalue weighted by Crippen LogP contribution is 2.38. The van der Waals surface area contributed by atoms with Crippen LogP contribution in [0.2, 0.25) is 0 Å². The van der Waals surface area contributed by atoms with E-state index in [2.05, 4.69) is 15.6 Å². The minimum atomic E-state index is -4.66. The van der Waals surface area contributed by atoms with E-state index < -0.39 is 83.1 Å². The number of piperidine rings is 1. The summed E-state index contributed by atoms with van der Waals surface area (Å²) in [4.78, 5) is 31.1. The van der Waals surface area contributed by atoms with Crippen molar-refractivity contribution in [2.75, 3.05) is 54.5 Å². The van der Waals surface area contributed by atoms with Gasteiger partial charge in [-0.2, -0.15) is 13.2 Å². The molecule has 2 saturated heterocycles. The number of benzene rings is 2. The lowest BCUT2D eigenvalue weighted by molar-refractivity contribution is -0.177. The number of hydrogen-bond acceptors (Lipinski definition) is 6. The molecule has 240 valence electrons. The highest BCUT2D eigenvalue weighted by Gasteiger charge is 2.45. The smallest absolute Gasteiger partial charge is 0.404 e. The van der Waals surface area contributed by atoms with Crippen LogP contribution in [0.1, 0.15) is 16.8 Å². The van der Waals surface area contributed by atoms with Crippen molar-refractivity contribution in [2.24, 2.45) is 5.92 Å². The van der Waals surface area contributed by atoms with Crippen molar-refractivity contribution in [1.29, 1.82) is 0 Å². The molecule has 0 aliphatic carbocycles. The van der Waals surface area contributed by atoms with E-state index in [0.29, 0.717) is 32.4 Å². The van der Waals surface area contributed by atoms with E-state index in [1.165, 1.54) is 17.2 Å². The highest BCUT2D eigenvalue weighted by atomic mass is 19.4. The number of carbonyl (C=O) groups excluding carboxylic acids is 1. The Labute approximate surface area is 251 Å². The minimum absolute atomic E-state index is 0.0167. The molecule has 3 N–H and O–H groups in total. The predicted molar refractivity (Wildman–Crippen MR) is 148 cm³/mol. The first-order chi connectivity index (χ1) is 21.3. The van der Waals surface area contributed by atoms with Crippen molar-refractivity contribution in [3.05, 3.63) is 71.6 Å². The standard InChI is InChI=1S/C29H26F7N5O4/c30-19-2-1-18(26(33)25(19)24-20(31)10-17(11-21(24)32)40-5-7-45-8-6-40)27(42)39-22-12-37-4-3-23(22)41-13-15(29(34,35)36)9-16(14-41)38-28(43)44/h1-4,10-12,15-16,38H,5-9,13-14H2,(H,39,42)(H,43,44)/t15-,16+/m1/s1. The van der Waals surface area contributed by atoms with Gasteiger partial charge in [0.1, 0.15) is 23.3 Å². The molecule has 3 heterocycles. The van der Waals surface area contributed by atoms with Gasteiger partial charge in [-0.15, -0.1) is 0 Å². The predicted octanol–water partition coefficient (Wildman–Crippen LogP) is 5.42. The molecular formula is C29H26F7N5O4. The number of nitrogens with zero attached hydrogens (tertiary/aromatic N) is 3. The molecule has 16 heteroatoms. The molecule has 5 rings (SSSR count). The third-order valence-corrected chi connectivity index (χ3v) is 7.62. The first-order valence-corrected chi connectivity index (χ1v) is 13.7. The number of pyridine rings is 1. The van der Waals surface area contributed by atoms with Crippen LogP contribution in [-0.2, 0) is 4.74 Å². The van der Waals surface area contributed by atoms with E-state index in [1.54, 1.807) is 4.90 Å². The number of amides is 2. The largest absolute Gasteiger partial charge is 0.465 e. The maximum atomic E-state index is 15.7. The summed E-state index contributed by atoms with van der Waals surface area (Å²) < 4.78 is 107. The molecular weight excluding hydrogens is 615 g/mol. The average Bonchev–Trinajstić information content (AvgIpc) is 2.98. The lowest BCUT2D eigenvalue weighted by Gasteiger charge is -2.40. The number of aromatic nitrogens is 1. The number of anilines is 3. The zero-order chi connectivity index (χ0) is 32.5. The molecule has 2 fully saturated rings. The van der Waals surface area contributed by atoms with Gasteiger partial charge in [-0.1, -0.05) is 0 Å². The Morgan fingerprint density at radius 1 is 0.933 bits per heavy atom. The molecule has 2 aliphatic heterocycles. The molecule has 2 atom stereocenters. The van der Waals surface area contributed by atoms with Gasteiger partial charge in [0, 0.05) is 38.1 Å². The summed E-state index contributed by atoms with van der Waals surface area (Å²) in [6, 6.07) is 3.43. The van der Waals surface area contributed by atoms with Crippen LogP contribution < -0.4 is 20.4 Å². The minimum Gasteiger partial charge on any atom is -0.465 e. The summed E-state index contributed by atoms with van der Waals surface area (Å²) in [5.41, 5.74) is -2.97. The van der Waals surface area contributed by atoms with Crippen molar-refractivity contribution >= 4 is 29.1 Å². The van der Waals surface area contributed by atoms with Gasteiger partial charge in [-0.3, -0.25) is 9.78 Å². The summed E-state index contributed by atoms with van der Waals surface area (Å²) in [5, 5.41) is 13.5. The van der Waals surface area contributed by atoms with E-state index in [-0.39, 0.29) is 23.6 Å². The van der Waals surface area contributed by atoms with Crippen LogP contribution in [0.3, 0.4) is 0 Å². The highest BCUT2D eigenvalue weighted by molar-refractivity contribution is 6.06. The summed E-state index contributed by atoms with van der Waals surface area (Å²) in [6.45, 7) is 0.563. The van der Waals surface area contributed by atoms with Crippen molar-refractivity contribution in [3.63, 3.8) is 0 Å². The first kappa shape index (κ1) is 31.8. The van der Waals surface area contributed by atoms with E-state index in [0.717, 1.165) is 24.4 Å². The number of hydrogen-bond donors (Lipinski definition) is 3. The van der Waals surface area contributed by atoms with Gasteiger partial charge < -0.3 is 30.3 Å². The van der Waals surface area contributed by atoms with Crippen LogP contribution in [0.25, 0.3) is 11.1 Å². The number of morpholine rings is 1. The van der Waals surface area contributed by atoms with E-state index in [9.17, 15) is 27.2 Å². The van der Waals surface area contributed by atoms with E-state index in [4.69, 9.17) is 9.84 Å². The molecule has 9 nitrogen and oxygen atoms in total.